The molecule has 9 heteroatoms. The summed E-state index contributed by atoms with van der Waals surface area (Å²) in [4.78, 5) is 22.8. The number of ether oxygens (including phenoxy) is 1. The molecule has 0 aliphatic carbocycles. The summed E-state index contributed by atoms with van der Waals surface area (Å²) in [5.41, 5.74) is 0. The third-order valence-electron chi connectivity index (χ3n) is 1.19. The molecule has 0 aromatic carbocycles. The summed E-state index contributed by atoms with van der Waals surface area (Å²) in [5, 5.41) is 16.1. The quantitative estimate of drug-likeness (QED) is 0.832. The monoisotopic (exact) mass is 315 g/mol. The van der Waals surface area contributed by atoms with Crippen LogP contribution >= 0.6 is 34.8 Å². The lowest BCUT2D eigenvalue weighted by Gasteiger charge is -2.05. The van der Waals surface area contributed by atoms with Crippen molar-refractivity contribution in [2.24, 2.45) is 0 Å². The van der Waals surface area contributed by atoms with Crippen molar-refractivity contribution in [2.75, 3.05) is 6.61 Å². The van der Waals surface area contributed by atoms with Gasteiger partial charge in [-0.1, -0.05) is 34.8 Å². The zero-order valence-corrected chi connectivity index (χ0v) is 11.3. The Morgan fingerprint density at radius 2 is 1.78 bits per heavy atom. The lowest BCUT2D eigenvalue weighted by Crippen LogP contribution is -2.10. The van der Waals surface area contributed by atoms with E-state index in [1.165, 1.54) is 6.07 Å². The molecule has 0 aliphatic rings. The Bertz CT molecular complexity index is 448. The maximum Gasteiger partial charge on any atom is 0.341 e. The van der Waals surface area contributed by atoms with E-state index in [0.29, 0.717) is 0 Å². The fourth-order valence-corrected chi connectivity index (χ4v) is 1.20. The highest BCUT2D eigenvalue weighted by atomic mass is 35.5. The van der Waals surface area contributed by atoms with Crippen LogP contribution in [0.1, 0.15) is 6.92 Å². The molecule has 1 aromatic rings. The molecule has 1 aromatic heterocycles. The van der Waals surface area contributed by atoms with E-state index in [9.17, 15) is 4.79 Å². The van der Waals surface area contributed by atoms with Gasteiger partial charge in [0.05, 0.1) is 5.02 Å². The van der Waals surface area contributed by atoms with Crippen molar-refractivity contribution in [3.63, 3.8) is 0 Å². The minimum Gasteiger partial charge on any atom is -0.481 e. The van der Waals surface area contributed by atoms with Gasteiger partial charge < -0.3 is 14.9 Å². The zero-order chi connectivity index (χ0) is 14.3. The summed E-state index contributed by atoms with van der Waals surface area (Å²) in [6, 6.07) is 1.33. The average molecular weight is 317 g/mol. The van der Waals surface area contributed by atoms with Gasteiger partial charge in [0, 0.05) is 6.92 Å². The van der Waals surface area contributed by atoms with Crippen LogP contribution < -0.4 is 4.74 Å². The Balaban J connectivity index is 0.000000631. The van der Waals surface area contributed by atoms with Gasteiger partial charge in [-0.05, 0) is 6.07 Å². The number of hydrogen-bond acceptors (Lipinski definition) is 4. The number of carboxylic acid groups (broad SMARTS) is 2. The Hall–Kier alpha value is -1.24. The van der Waals surface area contributed by atoms with Crippen LogP contribution in [0.25, 0.3) is 0 Å². The smallest absolute Gasteiger partial charge is 0.341 e. The molecule has 6 nitrogen and oxygen atoms in total. The molecule has 0 fully saturated rings. The molecular weight excluding hydrogens is 308 g/mol. The predicted molar refractivity (Wildman–Crippen MR) is 65.7 cm³/mol. The molecule has 2 N–H and O–H groups in total. The molecule has 0 amide bonds. The van der Waals surface area contributed by atoms with Crippen molar-refractivity contribution in [1.82, 2.24) is 4.98 Å². The van der Waals surface area contributed by atoms with Crippen molar-refractivity contribution >= 4 is 46.7 Å². The lowest BCUT2D eigenvalue weighted by molar-refractivity contribution is -0.139. The van der Waals surface area contributed by atoms with Crippen molar-refractivity contribution in [3.8, 4) is 5.88 Å². The van der Waals surface area contributed by atoms with Crippen LogP contribution in [0.5, 0.6) is 5.88 Å². The maximum atomic E-state index is 10.2. The van der Waals surface area contributed by atoms with Crippen LogP contribution in [0.15, 0.2) is 6.07 Å². The molecule has 0 aliphatic heterocycles. The van der Waals surface area contributed by atoms with E-state index in [1.807, 2.05) is 0 Å². The largest absolute Gasteiger partial charge is 0.481 e. The SMILES string of the molecule is CC(=O)O.O=C(O)COc1nc(Cl)c(Cl)cc1Cl. The second-order valence-corrected chi connectivity index (χ2v) is 3.92. The van der Waals surface area contributed by atoms with E-state index in [-0.39, 0.29) is 21.1 Å². The summed E-state index contributed by atoms with van der Waals surface area (Å²) in [5.74, 6) is -2.02. The van der Waals surface area contributed by atoms with Crippen molar-refractivity contribution in [1.29, 1.82) is 0 Å². The lowest BCUT2D eigenvalue weighted by atomic mass is 10.5. The van der Waals surface area contributed by atoms with Gasteiger partial charge in [-0.25, -0.2) is 4.79 Å². The van der Waals surface area contributed by atoms with Crippen LogP contribution in [-0.4, -0.2) is 33.7 Å². The molecule has 0 atom stereocenters. The van der Waals surface area contributed by atoms with E-state index in [4.69, 9.17) is 54.5 Å². The van der Waals surface area contributed by atoms with Gasteiger partial charge in [0.2, 0.25) is 5.88 Å². The molecule has 1 heterocycles. The minimum absolute atomic E-state index is 0.0106. The van der Waals surface area contributed by atoms with E-state index >= 15 is 0 Å². The second kappa shape index (κ2) is 7.97. The Labute approximate surface area is 117 Å². The first kappa shape index (κ1) is 16.8. The fourth-order valence-electron chi connectivity index (χ4n) is 0.660. The van der Waals surface area contributed by atoms with Crippen molar-refractivity contribution in [2.45, 2.75) is 6.92 Å². The summed E-state index contributed by atoms with van der Waals surface area (Å²) >= 11 is 16.8. The summed E-state index contributed by atoms with van der Waals surface area (Å²) in [6.45, 7) is 0.546. The molecule has 0 bridgehead atoms. The highest BCUT2D eigenvalue weighted by Gasteiger charge is 2.10. The summed E-state index contributed by atoms with van der Waals surface area (Å²) < 4.78 is 4.75. The molecular formula is C9H8Cl3NO5. The van der Waals surface area contributed by atoms with Crippen LogP contribution in [0.2, 0.25) is 15.2 Å². The van der Waals surface area contributed by atoms with E-state index in [0.717, 1.165) is 6.92 Å². The van der Waals surface area contributed by atoms with Crippen LogP contribution in [0.3, 0.4) is 0 Å². The number of pyridine rings is 1. The van der Waals surface area contributed by atoms with Gasteiger partial charge in [0.15, 0.2) is 11.8 Å². The van der Waals surface area contributed by atoms with E-state index in [1.54, 1.807) is 0 Å². The molecule has 0 saturated carbocycles. The van der Waals surface area contributed by atoms with Gasteiger partial charge in [0.25, 0.3) is 5.97 Å². The normalized spacial score (nSPS) is 9.11. The number of halogens is 3. The third kappa shape index (κ3) is 7.16. The van der Waals surface area contributed by atoms with Crippen LogP contribution in [0, 0.1) is 0 Å². The fraction of sp³-hybridized carbons (Fsp3) is 0.222. The second-order valence-electron chi connectivity index (χ2n) is 2.75. The van der Waals surface area contributed by atoms with Crippen LogP contribution in [0.4, 0.5) is 0 Å². The van der Waals surface area contributed by atoms with Gasteiger partial charge in [-0.3, -0.25) is 4.79 Å². The first-order valence-corrected chi connectivity index (χ1v) is 5.43. The van der Waals surface area contributed by atoms with Crippen molar-refractivity contribution < 1.29 is 24.5 Å². The first-order chi connectivity index (χ1) is 8.23. The Morgan fingerprint density at radius 1 is 1.28 bits per heavy atom. The summed E-state index contributed by atoms with van der Waals surface area (Å²) in [6.07, 6.45) is 0. The average Bonchev–Trinajstić information content (AvgIpc) is 2.20. The molecule has 100 valence electrons. The predicted octanol–water partition coefficient (Wildman–Crippen LogP) is 2.60. The minimum atomic E-state index is -1.13. The zero-order valence-electron chi connectivity index (χ0n) is 8.98. The third-order valence-corrected chi connectivity index (χ3v) is 2.13. The van der Waals surface area contributed by atoms with E-state index in [2.05, 4.69) is 4.98 Å². The van der Waals surface area contributed by atoms with E-state index < -0.39 is 18.5 Å². The van der Waals surface area contributed by atoms with Gasteiger partial charge in [-0.2, -0.15) is 4.98 Å². The standard InChI is InChI=1S/C7H4Cl3NO3.C2H4O2/c8-3-1-4(9)7(11-6(3)10)14-2-5(12)13;1-2(3)4/h1H,2H2,(H,12,13);1H3,(H,3,4). The molecule has 0 radical (unpaired) electrons. The molecule has 0 spiro atoms. The van der Waals surface area contributed by atoms with Gasteiger partial charge in [0.1, 0.15) is 5.02 Å². The molecule has 18 heavy (non-hydrogen) atoms. The summed E-state index contributed by atoms with van der Waals surface area (Å²) in [7, 11) is 0. The van der Waals surface area contributed by atoms with Gasteiger partial charge >= 0.3 is 5.97 Å². The molecule has 0 unspecified atom stereocenters. The number of nitrogens with zero attached hydrogens (tertiary/aromatic N) is 1. The topological polar surface area (TPSA) is 96.7 Å². The van der Waals surface area contributed by atoms with Gasteiger partial charge in [-0.15, -0.1) is 0 Å². The molecule has 0 saturated heterocycles. The number of rotatable bonds is 3. The number of aromatic nitrogens is 1. The van der Waals surface area contributed by atoms with Crippen molar-refractivity contribution in [3.05, 3.63) is 21.3 Å². The highest BCUT2D eigenvalue weighted by molar-refractivity contribution is 6.42. The number of aliphatic carboxylic acids is 2. The number of carbonyl (C=O) groups is 2. The Morgan fingerprint density at radius 3 is 2.22 bits per heavy atom. The Kier molecular flexibility index (Phi) is 7.42. The first-order valence-electron chi connectivity index (χ1n) is 4.29. The van der Waals surface area contributed by atoms with Crippen LogP contribution in [-0.2, 0) is 9.59 Å². The number of carboxylic acids is 2. The number of hydrogen-bond donors (Lipinski definition) is 2. The highest BCUT2D eigenvalue weighted by Crippen LogP contribution is 2.30. The maximum absolute atomic E-state index is 10.2. The molecule has 1 rings (SSSR count).